The molecule has 5 rings (SSSR count). The molecule has 2 saturated heterocycles. The molecule has 154 valence electrons. The third kappa shape index (κ3) is 3.06. The number of nitrogens with zero attached hydrogens (tertiary/aromatic N) is 3. The molecule has 0 bridgehead atoms. The number of hydrogen-bond acceptors (Lipinski definition) is 6. The number of piperidine rings is 1. The van der Waals surface area contributed by atoms with Crippen molar-refractivity contribution in [1.82, 2.24) is 15.1 Å². The normalized spacial score (nSPS) is 26.6. The topological polar surface area (TPSA) is 82.2 Å². The number of benzene rings is 1. The van der Waals surface area contributed by atoms with Crippen LogP contribution in [0.4, 0.5) is 5.69 Å². The predicted octanol–water partition coefficient (Wildman–Crippen LogP) is 0.741. The Morgan fingerprint density at radius 2 is 2.03 bits per heavy atom. The van der Waals surface area contributed by atoms with Gasteiger partial charge in [-0.25, -0.2) is 0 Å². The van der Waals surface area contributed by atoms with E-state index in [4.69, 9.17) is 4.74 Å². The number of anilines is 1. The Kier molecular flexibility index (Phi) is 4.46. The monoisotopic (exact) mass is 398 g/mol. The lowest BCUT2D eigenvalue weighted by Gasteiger charge is -2.45. The number of hydrogen-bond donors (Lipinski definition) is 1. The molecule has 0 radical (unpaired) electrons. The Hall–Kier alpha value is -2.61. The van der Waals surface area contributed by atoms with Gasteiger partial charge in [-0.15, -0.1) is 0 Å². The average Bonchev–Trinajstić information content (AvgIpc) is 3.02. The van der Waals surface area contributed by atoms with Crippen molar-refractivity contribution < 1.29 is 19.1 Å². The highest BCUT2D eigenvalue weighted by molar-refractivity contribution is 6.05. The van der Waals surface area contributed by atoms with Crippen LogP contribution in [0.2, 0.25) is 0 Å². The molecule has 2 fully saturated rings. The number of fused-ring (bicyclic) bond motifs is 4. The Balaban J connectivity index is 1.39. The number of amides is 3. The van der Waals surface area contributed by atoms with Crippen LogP contribution in [-0.2, 0) is 16.1 Å². The summed E-state index contributed by atoms with van der Waals surface area (Å²) >= 11 is 0. The van der Waals surface area contributed by atoms with E-state index < -0.39 is 6.04 Å². The van der Waals surface area contributed by atoms with Gasteiger partial charge in [-0.2, -0.15) is 0 Å². The molecule has 0 aliphatic carbocycles. The second-order valence-electron chi connectivity index (χ2n) is 8.34. The number of ether oxygens (including phenoxy) is 1. The van der Waals surface area contributed by atoms with Crippen LogP contribution in [0.3, 0.4) is 0 Å². The first-order valence-corrected chi connectivity index (χ1v) is 10.5. The molecule has 0 spiro atoms. The van der Waals surface area contributed by atoms with Crippen LogP contribution >= 0.6 is 0 Å². The second kappa shape index (κ2) is 7.02. The highest BCUT2D eigenvalue weighted by atomic mass is 16.5. The fourth-order valence-corrected chi connectivity index (χ4v) is 5.01. The van der Waals surface area contributed by atoms with E-state index in [1.165, 1.54) is 0 Å². The summed E-state index contributed by atoms with van der Waals surface area (Å²) in [5, 5.41) is 2.35. The van der Waals surface area contributed by atoms with E-state index in [2.05, 4.69) is 28.1 Å². The number of nitrogens with one attached hydrogen (secondary N) is 1. The van der Waals surface area contributed by atoms with Gasteiger partial charge in [-0.3, -0.25) is 24.6 Å². The zero-order valence-electron chi connectivity index (χ0n) is 16.6. The summed E-state index contributed by atoms with van der Waals surface area (Å²) in [4.78, 5) is 43.2. The van der Waals surface area contributed by atoms with E-state index in [1.54, 1.807) is 4.90 Å². The van der Waals surface area contributed by atoms with Gasteiger partial charge in [0.15, 0.2) is 0 Å². The predicted molar refractivity (Wildman–Crippen MR) is 106 cm³/mol. The molecule has 0 aromatic heterocycles. The first-order valence-electron chi connectivity index (χ1n) is 10.5. The van der Waals surface area contributed by atoms with E-state index in [0.29, 0.717) is 31.2 Å². The maximum Gasteiger partial charge on any atom is 0.255 e. The van der Waals surface area contributed by atoms with Crippen molar-refractivity contribution in [3.8, 4) is 5.75 Å². The molecule has 29 heavy (non-hydrogen) atoms. The van der Waals surface area contributed by atoms with Crippen molar-refractivity contribution in [3.05, 3.63) is 23.3 Å². The molecule has 4 aliphatic heterocycles. The number of rotatable bonds is 3. The molecule has 1 aromatic rings. The minimum absolute atomic E-state index is 0.157. The third-order valence-electron chi connectivity index (χ3n) is 6.45. The summed E-state index contributed by atoms with van der Waals surface area (Å²) in [5.41, 5.74) is 2.59. The van der Waals surface area contributed by atoms with Gasteiger partial charge in [0.05, 0.1) is 11.7 Å². The average molecular weight is 398 g/mol. The summed E-state index contributed by atoms with van der Waals surface area (Å²) in [6.45, 7) is 7.30. The van der Waals surface area contributed by atoms with E-state index in [-0.39, 0.29) is 24.1 Å². The molecule has 4 aliphatic rings. The fraction of sp³-hybridized carbons (Fsp3) is 0.571. The van der Waals surface area contributed by atoms with Crippen LogP contribution < -0.4 is 15.0 Å². The van der Waals surface area contributed by atoms with Crippen molar-refractivity contribution in [2.24, 2.45) is 0 Å². The van der Waals surface area contributed by atoms with Crippen molar-refractivity contribution in [1.29, 1.82) is 0 Å². The van der Waals surface area contributed by atoms with Crippen molar-refractivity contribution >= 4 is 23.4 Å². The first-order chi connectivity index (χ1) is 14.0. The first kappa shape index (κ1) is 18.4. The molecule has 2 atom stereocenters. The lowest BCUT2D eigenvalue weighted by atomic mass is 10.0. The summed E-state index contributed by atoms with van der Waals surface area (Å²) in [6, 6.07) is 3.64. The molecule has 8 nitrogen and oxygen atoms in total. The minimum atomic E-state index is -0.587. The van der Waals surface area contributed by atoms with E-state index in [1.807, 2.05) is 6.07 Å². The highest BCUT2D eigenvalue weighted by Crippen LogP contribution is 2.40. The smallest absolute Gasteiger partial charge is 0.255 e. The van der Waals surface area contributed by atoms with Gasteiger partial charge in [0, 0.05) is 38.2 Å². The number of carbonyl (C=O) groups excluding carboxylic acids is 3. The maximum atomic E-state index is 13.0. The van der Waals surface area contributed by atoms with Crippen molar-refractivity contribution in [2.45, 2.75) is 44.8 Å². The zero-order chi connectivity index (χ0) is 20.1. The van der Waals surface area contributed by atoms with Crippen molar-refractivity contribution in [2.75, 3.05) is 37.7 Å². The van der Waals surface area contributed by atoms with Gasteiger partial charge in [0.1, 0.15) is 18.4 Å². The number of carbonyl (C=O) groups is 3. The van der Waals surface area contributed by atoms with Gasteiger partial charge in [0.25, 0.3) is 5.91 Å². The Morgan fingerprint density at radius 3 is 2.83 bits per heavy atom. The van der Waals surface area contributed by atoms with Crippen LogP contribution in [0, 0.1) is 0 Å². The fourth-order valence-electron chi connectivity index (χ4n) is 5.01. The molecule has 3 amide bonds. The van der Waals surface area contributed by atoms with Gasteiger partial charge in [0.2, 0.25) is 11.8 Å². The van der Waals surface area contributed by atoms with Crippen LogP contribution in [-0.4, -0.2) is 72.4 Å². The third-order valence-corrected chi connectivity index (χ3v) is 6.45. The largest absolute Gasteiger partial charge is 0.489 e. The van der Waals surface area contributed by atoms with Gasteiger partial charge < -0.3 is 14.5 Å². The summed E-state index contributed by atoms with van der Waals surface area (Å²) in [6.07, 6.45) is 1.79. The van der Waals surface area contributed by atoms with Gasteiger partial charge in [-0.1, -0.05) is 6.92 Å². The molecular weight excluding hydrogens is 372 g/mol. The minimum Gasteiger partial charge on any atom is -0.489 e. The van der Waals surface area contributed by atoms with Crippen LogP contribution in [0.15, 0.2) is 12.1 Å². The van der Waals surface area contributed by atoms with Gasteiger partial charge in [-0.05, 0) is 37.1 Å². The number of imide groups is 1. The highest BCUT2D eigenvalue weighted by Gasteiger charge is 2.41. The van der Waals surface area contributed by atoms with Crippen LogP contribution in [0.25, 0.3) is 0 Å². The Bertz CT molecular complexity index is 886. The SMILES string of the molecule is CCCN1CCN2c3cc4c(cc3OC[C@@H]2C1)C(=O)N(C1CCC(=O)NC1=O)C4. The Morgan fingerprint density at radius 1 is 1.17 bits per heavy atom. The Labute approximate surface area is 169 Å². The molecule has 8 heteroatoms. The quantitative estimate of drug-likeness (QED) is 0.757. The maximum absolute atomic E-state index is 13.0. The molecule has 1 N–H and O–H groups in total. The van der Waals surface area contributed by atoms with E-state index >= 15 is 0 Å². The zero-order valence-corrected chi connectivity index (χ0v) is 16.6. The lowest BCUT2D eigenvalue weighted by molar-refractivity contribution is -0.136. The molecule has 1 aromatic carbocycles. The van der Waals surface area contributed by atoms with Crippen LogP contribution in [0.5, 0.6) is 5.75 Å². The van der Waals surface area contributed by atoms with Crippen molar-refractivity contribution in [3.63, 3.8) is 0 Å². The van der Waals surface area contributed by atoms with Gasteiger partial charge >= 0.3 is 0 Å². The summed E-state index contributed by atoms with van der Waals surface area (Å²) < 4.78 is 6.05. The van der Waals surface area contributed by atoms with E-state index in [0.717, 1.165) is 49.6 Å². The lowest BCUT2D eigenvalue weighted by Crippen LogP contribution is -2.57. The molecule has 0 saturated carbocycles. The van der Waals surface area contributed by atoms with E-state index in [9.17, 15) is 14.4 Å². The molecular formula is C21H26N4O4. The molecule has 4 heterocycles. The summed E-state index contributed by atoms with van der Waals surface area (Å²) in [7, 11) is 0. The number of piperazine rings is 1. The summed E-state index contributed by atoms with van der Waals surface area (Å²) in [5.74, 6) is -0.0544. The van der Waals surface area contributed by atoms with Crippen LogP contribution in [0.1, 0.15) is 42.1 Å². The second-order valence-corrected chi connectivity index (χ2v) is 8.34. The standard InChI is InChI=1S/C21H26N4O4/c1-2-5-23-6-7-24-14(11-23)12-29-18-9-15-13(8-17(18)24)10-25(21(15)28)16-3-4-19(26)22-20(16)27/h8-9,14,16H,2-7,10-12H2,1H3,(H,22,26,27)/t14-,16?/m0/s1. The molecule has 1 unspecified atom stereocenters.